The number of thiocarbonyl (C=S) groups is 1. The van der Waals surface area contributed by atoms with Gasteiger partial charge in [-0.2, -0.15) is 0 Å². The number of carbonyl (C=O) groups is 1. The van der Waals surface area contributed by atoms with E-state index in [1.54, 1.807) is 18.3 Å². The highest BCUT2D eigenvalue weighted by atomic mass is 35.5. The first-order valence-corrected chi connectivity index (χ1v) is 12.0. The zero-order valence-electron chi connectivity index (χ0n) is 19.6. The largest absolute Gasteiger partial charge is 0.478 e. The van der Waals surface area contributed by atoms with Gasteiger partial charge in [0.2, 0.25) is 0 Å². The minimum atomic E-state index is -1.03. The molecule has 7 nitrogen and oxygen atoms in total. The summed E-state index contributed by atoms with van der Waals surface area (Å²) in [5.41, 5.74) is 3.44. The maximum Gasteiger partial charge on any atom is 0.335 e. The normalized spacial score (nSPS) is 17.2. The van der Waals surface area contributed by atoms with E-state index in [9.17, 15) is 9.90 Å². The summed E-state index contributed by atoms with van der Waals surface area (Å²) >= 11 is 12.2. The first-order valence-electron chi connectivity index (χ1n) is 11.2. The van der Waals surface area contributed by atoms with Crippen molar-refractivity contribution in [1.82, 2.24) is 10.3 Å². The third-order valence-electron chi connectivity index (χ3n) is 6.14. The molecule has 182 valence electrons. The van der Waals surface area contributed by atoms with Gasteiger partial charge in [-0.05, 0) is 78.9 Å². The van der Waals surface area contributed by atoms with Crippen molar-refractivity contribution in [3.8, 4) is 11.3 Å². The molecule has 1 fully saturated rings. The number of hydrogen-bond donors (Lipinski definition) is 2. The second-order valence-corrected chi connectivity index (χ2v) is 9.40. The van der Waals surface area contributed by atoms with Crippen LogP contribution in [0, 0.1) is 0 Å². The maximum absolute atomic E-state index is 11.5. The number of anilines is 2. The lowest BCUT2D eigenvalue weighted by Crippen LogP contribution is -2.29. The van der Waals surface area contributed by atoms with Gasteiger partial charge in [0.25, 0.3) is 0 Å². The predicted molar refractivity (Wildman–Crippen MR) is 145 cm³/mol. The molecule has 0 radical (unpaired) electrons. The lowest BCUT2D eigenvalue weighted by molar-refractivity contribution is 0.0697. The number of carboxylic acid groups (broad SMARTS) is 1. The van der Waals surface area contributed by atoms with Gasteiger partial charge in [-0.3, -0.25) is 4.98 Å². The van der Waals surface area contributed by atoms with Gasteiger partial charge in [-0.25, -0.2) is 4.79 Å². The van der Waals surface area contributed by atoms with Crippen LogP contribution < -0.4 is 15.1 Å². The zero-order valence-corrected chi connectivity index (χ0v) is 21.1. The Kier molecular flexibility index (Phi) is 6.38. The number of hydrogen-bond acceptors (Lipinski definition) is 5. The number of pyridine rings is 1. The molecule has 36 heavy (non-hydrogen) atoms. The van der Waals surface area contributed by atoms with E-state index in [0.717, 1.165) is 17.1 Å². The van der Waals surface area contributed by atoms with Crippen LogP contribution in [0.4, 0.5) is 11.4 Å². The molecule has 2 N–H and O–H groups in total. The third kappa shape index (κ3) is 4.41. The van der Waals surface area contributed by atoms with Gasteiger partial charge in [-0.1, -0.05) is 17.7 Å². The number of aromatic nitrogens is 1. The van der Waals surface area contributed by atoms with Crippen LogP contribution in [0.15, 0.2) is 83.4 Å². The Morgan fingerprint density at radius 3 is 2.56 bits per heavy atom. The molecule has 0 unspecified atom stereocenters. The van der Waals surface area contributed by atoms with Gasteiger partial charge in [0, 0.05) is 37.2 Å². The minimum absolute atomic E-state index is 0.130. The van der Waals surface area contributed by atoms with E-state index in [-0.39, 0.29) is 17.6 Å². The standard InChI is InChI=1S/C27H23ClN4O3S/c1-31(2)17-7-9-18(10-8-17)32-25(24(30-27(32)36)21-5-3-4-14-29-21)23-13-12-22(35-23)19-15-16(26(33)34)6-11-20(19)28/h3-15,24-25H,1-2H3,(H,30,36)(H,33,34)/t24-,25-/m1/s1. The van der Waals surface area contributed by atoms with Crippen molar-refractivity contribution in [2.24, 2.45) is 0 Å². The van der Waals surface area contributed by atoms with Crippen LogP contribution >= 0.6 is 23.8 Å². The van der Waals surface area contributed by atoms with Gasteiger partial charge in [-0.15, -0.1) is 0 Å². The Bertz CT molecular complexity index is 1420. The molecule has 0 spiro atoms. The first-order chi connectivity index (χ1) is 17.3. The molecule has 0 aliphatic carbocycles. The number of furan rings is 1. The summed E-state index contributed by atoms with van der Waals surface area (Å²) in [5.74, 6) is 0.0766. The second-order valence-electron chi connectivity index (χ2n) is 8.61. The van der Waals surface area contributed by atoms with Gasteiger partial charge >= 0.3 is 5.97 Å². The van der Waals surface area contributed by atoms with Crippen LogP contribution in [0.2, 0.25) is 5.02 Å². The quantitative estimate of drug-likeness (QED) is 0.304. The second kappa shape index (κ2) is 9.64. The molecule has 3 heterocycles. The summed E-state index contributed by atoms with van der Waals surface area (Å²) in [7, 11) is 3.98. The van der Waals surface area contributed by atoms with Gasteiger partial charge < -0.3 is 24.6 Å². The molecule has 1 aliphatic heterocycles. The van der Waals surface area contributed by atoms with Crippen LogP contribution in [0.3, 0.4) is 0 Å². The van der Waals surface area contributed by atoms with Crippen LogP contribution in [0.25, 0.3) is 11.3 Å². The molecule has 2 aromatic carbocycles. The molecule has 0 saturated carbocycles. The fraction of sp³-hybridized carbons (Fsp3) is 0.148. The highest BCUT2D eigenvalue weighted by molar-refractivity contribution is 7.80. The Labute approximate surface area is 218 Å². The summed E-state index contributed by atoms with van der Waals surface area (Å²) in [6, 6.07) is 21.5. The van der Waals surface area contributed by atoms with Crippen molar-refractivity contribution < 1.29 is 14.3 Å². The molecule has 9 heteroatoms. The molecular weight excluding hydrogens is 496 g/mol. The number of nitrogens with one attached hydrogen (secondary N) is 1. The monoisotopic (exact) mass is 518 g/mol. The van der Waals surface area contributed by atoms with Crippen LogP contribution in [0.5, 0.6) is 0 Å². The van der Waals surface area contributed by atoms with Crippen molar-refractivity contribution >= 4 is 46.3 Å². The van der Waals surface area contributed by atoms with E-state index in [4.69, 9.17) is 28.2 Å². The van der Waals surface area contributed by atoms with Crippen LogP contribution in [-0.2, 0) is 0 Å². The zero-order chi connectivity index (χ0) is 25.4. The van der Waals surface area contributed by atoms with Gasteiger partial charge in [0.15, 0.2) is 5.11 Å². The summed E-state index contributed by atoms with van der Waals surface area (Å²) < 4.78 is 6.33. The average Bonchev–Trinajstić information content (AvgIpc) is 3.49. The molecule has 0 amide bonds. The number of aromatic carboxylic acids is 1. The SMILES string of the molecule is CN(C)c1ccc(N2C(=S)N[C@H](c3ccccn3)[C@H]2c2ccc(-c3cc(C(=O)O)ccc3Cl)o2)cc1. The van der Waals surface area contributed by atoms with Crippen molar-refractivity contribution in [3.05, 3.63) is 101 Å². The van der Waals surface area contributed by atoms with E-state index < -0.39 is 5.97 Å². The Balaban J connectivity index is 1.59. The summed E-state index contributed by atoms with van der Waals surface area (Å²) in [4.78, 5) is 20.1. The molecule has 1 saturated heterocycles. The number of halogens is 1. The Hall–Kier alpha value is -3.88. The first kappa shape index (κ1) is 23.8. The highest BCUT2D eigenvalue weighted by Crippen LogP contribution is 2.43. The molecule has 1 aliphatic rings. The molecule has 0 bridgehead atoms. The molecule has 2 atom stereocenters. The topological polar surface area (TPSA) is 81.8 Å². The summed E-state index contributed by atoms with van der Waals surface area (Å²) in [5, 5.41) is 13.8. The molecule has 2 aromatic heterocycles. The van der Waals surface area contributed by atoms with Crippen molar-refractivity contribution in [1.29, 1.82) is 0 Å². The highest BCUT2D eigenvalue weighted by Gasteiger charge is 2.42. The average molecular weight is 519 g/mol. The van der Waals surface area contributed by atoms with Crippen molar-refractivity contribution in [2.75, 3.05) is 23.9 Å². The van der Waals surface area contributed by atoms with E-state index in [2.05, 4.69) is 10.3 Å². The smallest absolute Gasteiger partial charge is 0.335 e. The van der Waals surface area contributed by atoms with Crippen molar-refractivity contribution in [3.63, 3.8) is 0 Å². The lowest BCUT2D eigenvalue weighted by atomic mass is 10.0. The summed E-state index contributed by atoms with van der Waals surface area (Å²) in [6.45, 7) is 0. The van der Waals surface area contributed by atoms with E-state index in [0.29, 0.717) is 27.2 Å². The molecular formula is C27H23ClN4O3S. The third-order valence-corrected chi connectivity index (χ3v) is 6.78. The Morgan fingerprint density at radius 1 is 1.11 bits per heavy atom. The maximum atomic E-state index is 11.5. The van der Waals surface area contributed by atoms with Crippen LogP contribution in [-0.4, -0.2) is 35.3 Å². The fourth-order valence-corrected chi connectivity index (χ4v) is 4.89. The van der Waals surface area contributed by atoms with Gasteiger partial charge in [0.05, 0.1) is 22.3 Å². The van der Waals surface area contributed by atoms with Crippen LogP contribution in [0.1, 0.15) is 33.9 Å². The van der Waals surface area contributed by atoms with Crippen molar-refractivity contribution in [2.45, 2.75) is 12.1 Å². The number of benzene rings is 2. The summed E-state index contributed by atoms with van der Waals surface area (Å²) in [6.07, 6.45) is 1.75. The number of rotatable bonds is 6. The minimum Gasteiger partial charge on any atom is -0.478 e. The predicted octanol–water partition coefficient (Wildman–Crippen LogP) is 5.94. The molecule has 5 rings (SSSR count). The fourth-order valence-electron chi connectivity index (χ4n) is 4.34. The number of carboxylic acids is 1. The number of nitrogens with zero attached hydrogens (tertiary/aromatic N) is 3. The van der Waals surface area contributed by atoms with E-state index >= 15 is 0 Å². The lowest BCUT2D eigenvalue weighted by Gasteiger charge is -2.26. The van der Waals surface area contributed by atoms with E-state index in [1.807, 2.05) is 72.4 Å². The molecule has 4 aromatic rings. The van der Waals surface area contributed by atoms with Gasteiger partial charge in [0.1, 0.15) is 17.6 Å². The van der Waals surface area contributed by atoms with E-state index in [1.165, 1.54) is 12.1 Å². The Morgan fingerprint density at radius 2 is 1.89 bits per heavy atom.